The van der Waals surface area contributed by atoms with E-state index in [1.54, 1.807) is 14.2 Å². The van der Waals surface area contributed by atoms with Crippen LogP contribution in [0.5, 0.6) is 23.0 Å². The van der Waals surface area contributed by atoms with E-state index < -0.39 is 10.8 Å². The number of ether oxygens (including phenoxy) is 8. The van der Waals surface area contributed by atoms with E-state index in [0.717, 1.165) is 44.5 Å². The molecule has 0 radical (unpaired) electrons. The molecule has 0 aliphatic rings. The molecule has 0 aromatic heterocycles. The van der Waals surface area contributed by atoms with Gasteiger partial charge >= 0.3 is 0 Å². The lowest BCUT2D eigenvalue weighted by Crippen LogP contribution is -2.27. The van der Waals surface area contributed by atoms with Crippen LogP contribution in [0.1, 0.15) is 99.9 Å². The van der Waals surface area contributed by atoms with Crippen molar-refractivity contribution in [2.75, 3.05) is 90.9 Å². The minimum absolute atomic E-state index is 0.0896. The van der Waals surface area contributed by atoms with Crippen LogP contribution in [-0.4, -0.2) is 92.1 Å². The van der Waals surface area contributed by atoms with Gasteiger partial charge in [-0.05, 0) is 120 Å². The van der Waals surface area contributed by atoms with Gasteiger partial charge in [0.15, 0.2) is 0 Å². The summed E-state index contributed by atoms with van der Waals surface area (Å²) in [6.45, 7) is 19.6. The van der Waals surface area contributed by atoms with Crippen molar-refractivity contribution in [1.82, 2.24) is 0 Å². The number of hydrogen-bond donors (Lipinski definition) is 2. The average Bonchev–Trinajstić information content (AvgIpc) is 3.42. The number of methoxy groups -OCH3 is 2. The molecule has 6 aromatic carbocycles. The van der Waals surface area contributed by atoms with Crippen molar-refractivity contribution in [3.63, 3.8) is 0 Å². The zero-order valence-corrected chi connectivity index (χ0v) is 46.9. The number of nitrogens with one attached hydrogen (secondary N) is 2. The summed E-state index contributed by atoms with van der Waals surface area (Å²) in [5, 5.41) is 5.98. The maximum Gasteiger partial charge on any atom is 0.229 e. The molecule has 12 nitrogen and oxygen atoms in total. The van der Waals surface area contributed by atoms with E-state index in [0.29, 0.717) is 112 Å². The third-order valence-corrected chi connectivity index (χ3v) is 11.9. The summed E-state index contributed by atoms with van der Waals surface area (Å²) in [7, 11) is 3.29. The first-order valence-electron chi connectivity index (χ1n) is 26.4. The molecule has 0 atom stereocenters. The number of carbonyl (C=O) groups excluding carboxylic acids is 2. The summed E-state index contributed by atoms with van der Waals surface area (Å²) in [6, 6.07) is 43.7. The van der Waals surface area contributed by atoms with Gasteiger partial charge in [0.1, 0.15) is 36.2 Å². The molecular formula is C66H74N2O10. The van der Waals surface area contributed by atoms with Gasteiger partial charge in [-0.1, -0.05) is 114 Å². The van der Waals surface area contributed by atoms with Crippen molar-refractivity contribution in [3.05, 3.63) is 178 Å². The first kappa shape index (κ1) is 59.4. The van der Waals surface area contributed by atoms with Crippen molar-refractivity contribution in [2.45, 2.75) is 55.4 Å². The molecular weight excluding hydrogens is 981 g/mol. The van der Waals surface area contributed by atoms with Gasteiger partial charge in [-0.15, -0.1) is 0 Å². The summed E-state index contributed by atoms with van der Waals surface area (Å²) < 4.78 is 45.7. The van der Waals surface area contributed by atoms with Gasteiger partial charge < -0.3 is 48.5 Å². The first-order chi connectivity index (χ1) is 37.6. The number of amides is 2. The lowest BCUT2D eigenvalue weighted by Gasteiger charge is -2.19. The third kappa shape index (κ3) is 18.1. The van der Waals surface area contributed by atoms with Crippen molar-refractivity contribution in [2.24, 2.45) is 10.8 Å². The monoisotopic (exact) mass is 1050 g/mol. The zero-order chi connectivity index (χ0) is 55.9. The second-order valence-electron chi connectivity index (χ2n) is 20.1. The van der Waals surface area contributed by atoms with Gasteiger partial charge in [0, 0.05) is 59.7 Å². The van der Waals surface area contributed by atoms with Crippen LogP contribution in [0.3, 0.4) is 0 Å². The Morgan fingerprint density at radius 3 is 1.06 bits per heavy atom. The van der Waals surface area contributed by atoms with Crippen LogP contribution in [0.15, 0.2) is 133 Å². The van der Waals surface area contributed by atoms with Crippen LogP contribution in [0.4, 0.5) is 11.4 Å². The minimum Gasteiger partial charge on any atom is -0.492 e. The van der Waals surface area contributed by atoms with E-state index in [1.807, 2.05) is 140 Å². The SMILES string of the molecule is CCOc1cc(NC(=O)C(C)(C)C)ccc1C#Cc1ccc(/C(=C(/c2ccc(C#Cc3ccc(NC(=O)C(C)(C)C)cc3OCC)cc2)c2ccc(OCCOCCOC)cc2)c2ccc(OCCOCCOC)cc2)cc1. The molecule has 6 aromatic rings. The topological polar surface area (TPSA) is 132 Å². The standard InChI is InChI=1S/C66H74N2O10/c1-11-75-59-45-55(67-63(69)65(3,4)5)31-25-49(59)19-13-47-15-21-51(22-16-47)61(53-27-33-57(34-28-53)77-43-41-73-39-37-71-9)62(54-29-35-58(36-30-54)78-44-42-74-40-38-72-10)52-23-17-48(18-24-52)14-20-50-26-32-56(46-60(50)76-12-2)68-64(70)66(6,7)8/h15-18,21-36,45-46H,11-12,37-44H2,1-10H3,(H,67,69)(H,68,70)/b62-61+. The predicted octanol–water partition coefficient (Wildman–Crippen LogP) is 12.3. The fourth-order valence-corrected chi connectivity index (χ4v) is 7.59. The van der Waals surface area contributed by atoms with Crippen molar-refractivity contribution in [3.8, 4) is 46.7 Å². The molecule has 0 unspecified atom stereocenters. The normalized spacial score (nSPS) is 11.5. The van der Waals surface area contributed by atoms with Gasteiger partial charge in [-0.3, -0.25) is 9.59 Å². The Bertz CT molecular complexity index is 2850. The lowest BCUT2D eigenvalue weighted by atomic mass is 9.85. The van der Waals surface area contributed by atoms with Gasteiger partial charge in [-0.25, -0.2) is 0 Å². The Morgan fingerprint density at radius 1 is 0.410 bits per heavy atom. The molecule has 2 amide bonds. The number of carbonyl (C=O) groups is 2. The van der Waals surface area contributed by atoms with E-state index in [4.69, 9.17) is 37.9 Å². The van der Waals surface area contributed by atoms with Crippen LogP contribution in [0.2, 0.25) is 0 Å². The lowest BCUT2D eigenvalue weighted by molar-refractivity contribution is -0.123. The molecule has 2 N–H and O–H groups in total. The fraction of sp³-hybridized carbons (Fsp3) is 0.333. The molecule has 0 bridgehead atoms. The van der Waals surface area contributed by atoms with E-state index in [9.17, 15) is 9.59 Å². The van der Waals surface area contributed by atoms with Gasteiger partial charge in [0.25, 0.3) is 0 Å². The Labute approximate surface area is 461 Å². The molecule has 0 aliphatic heterocycles. The van der Waals surface area contributed by atoms with E-state index in [-0.39, 0.29) is 11.8 Å². The Balaban J connectivity index is 1.42. The molecule has 408 valence electrons. The van der Waals surface area contributed by atoms with Gasteiger partial charge in [0.2, 0.25) is 11.8 Å². The summed E-state index contributed by atoms with van der Waals surface area (Å²) in [5.74, 6) is 15.7. The highest BCUT2D eigenvalue weighted by Gasteiger charge is 2.23. The quantitative estimate of drug-likeness (QED) is 0.0343. The molecule has 0 saturated carbocycles. The van der Waals surface area contributed by atoms with Crippen LogP contribution >= 0.6 is 0 Å². The summed E-state index contributed by atoms with van der Waals surface area (Å²) in [4.78, 5) is 25.5. The number of benzene rings is 6. The highest BCUT2D eigenvalue weighted by atomic mass is 16.5. The van der Waals surface area contributed by atoms with Crippen LogP contribution in [0, 0.1) is 34.5 Å². The minimum atomic E-state index is -0.552. The van der Waals surface area contributed by atoms with Crippen molar-refractivity contribution < 1.29 is 47.5 Å². The molecule has 0 saturated heterocycles. The maximum absolute atomic E-state index is 12.8. The molecule has 78 heavy (non-hydrogen) atoms. The summed E-state index contributed by atoms with van der Waals surface area (Å²) in [6.07, 6.45) is 0. The Hall–Kier alpha value is -7.84. The van der Waals surface area contributed by atoms with Crippen molar-refractivity contribution >= 4 is 34.3 Å². The second kappa shape index (κ2) is 29.6. The molecule has 6 rings (SSSR count). The number of hydrogen-bond acceptors (Lipinski definition) is 10. The molecule has 0 spiro atoms. The van der Waals surface area contributed by atoms with Gasteiger partial charge in [-0.2, -0.15) is 0 Å². The number of anilines is 2. The van der Waals surface area contributed by atoms with E-state index in [2.05, 4.69) is 82.8 Å². The average molecular weight is 1060 g/mol. The van der Waals surface area contributed by atoms with Crippen LogP contribution < -0.4 is 29.6 Å². The second-order valence-corrected chi connectivity index (χ2v) is 20.1. The Kier molecular flexibility index (Phi) is 22.6. The maximum atomic E-state index is 12.8. The van der Waals surface area contributed by atoms with Crippen LogP contribution in [0.25, 0.3) is 11.1 Å². The third-order valence-electron chi connectivity index (χ3n) is 11.9. The van der Waals surface area contributed by atoms with Crippen LogP contribution in [-0.2, 0) is 28.5 Å². The molecule has 12 heteroatoms. The fourth-order valence-electron chi connectivity index (χ4n) is 7.59. The first-order valence-corrected chi connectivity index (χ1v) is 26.4. The smallest absolute Gasteiger partial charge is 0.229 e. The Morgan fingerprint density at radius 2 is 0.744 bits per heavy atom. The van der Waals surface area contributed by atoms with Crippen molar-refractivity contribution in [1.29, 1.82) is 0 Å². The summed E-state index contributed by atoms with van der Waals surface area (Å²) >= 11 is 0. The number of rotatable bonds is 24. The zero-order valence-electron chi connectivity index (χ0n) is 46.9. The van der Waals surface area contributed by atoms with E-state index >= 15 is 0 Å². The van der Waals surface area contributed by atoms with E-state index in [1.165, 1.54) is 0 Å². The highest BCUT2D eigenvalue weighted by molar-refractivity contribution is 6.05. The van der Waals surface area contributed by atoms with Gasteiger partial charge in [0.05, 0.1) is 64.0 Å². The summed E-state index contributed by atoms with van der Waals surface area (Å²) in [5.41, 5.74) is 8.94. The highest BCUT2D eigenvalue weighted by Crippen LogP contribution is 2.39. The molecule has 0 fully saturated rings. The largest absolute Gasteiger partial charge is 0.492 e. The molecule has 0 aliphatic carbocycles. The predicted molar refractivity (Wildman–Crippen MR) is 311 cm³/mol. The molecule has 0 heterocycles.